The van der Waals surface area contributed by atoms with Gasteiger partial charge in [0.1, 0.15) is 16.4 Å². The minimum atomic E-state index is -0.368. The molecule has 2 heterocycles. The monoisotopic (exact) mass is 279 g/mol. The van der Waals surface area contributed by atoms with E-state index in [4.69, 9.17) is 4.52 Å². The second-order valence-electron chi connectivity index (χ2n) is 4.50. The Morgan fingerprint density at radius 1 is 1.32 bits per heavy atom. The standard InChI is InChI=1S/C11H13N5O2S/c1-5-8(6(2)18-16-5)12-10(17)13-11-15-14-9(19-11)7-3-4-7/h7H,3-4H2,1-2H3,(H2,12,13,15,17). The van der Waals surface area contributed by atoms with Crippen LogP contribution in [0, 0.1) is 13.8 Å². The minimum Gasteiger partial charge on any atom is -0.359 e. The largest absolute Gasteiger partial charge is 0.359 e. The van der Waals surface area contributed by atoms with Gasteiger partial charge in [-0.3, -0.25) is 5.32 Å². The van der Waals surface area contributed by atoms with Crippen LogP contribution in [0.1, 0.15) is 35.2 Å². The summed E-state index contributed by atoms with van der Waals surface area (Å²) in [6, 6.07) is -0.368. The molecule has 3 rings (SSSR count). The molecular weight excluding hydrogens is 266 g/mol. The highest BCUT2D eigenvalue weighted by atomic mass is 32.1. The van der Waals surface area contributed by atoms with Crippen LogP contribution in [0.15, 0.2) is 4.52 Å². The molecule has 2 aromatic rings. The lowest BCUT2D eigenvalue weighted by atomic mass is 10.3. The van der Waals surface area contributed by atoms with Crippen LogP contribution in [0.3, 0.4) is 0 Å². The summed E-state index contributed by atoms with van der Waals surface area (Å²) in [4.78, 5) is 11.8. The van der Waals surface area contributed by atoms with Crippen LogP contribution in [-0.4, -0.2) is 21.4 Å². The van der Waals surface area contributed by atoms with Crippen molar-refractivity contribution in [2.45, 2.75) is 32.6 Å². The Labute approximate surface area is 113 Å². The number of urea groups is 1. The summed E-state index contributed by atoms with van der Waals surface area (Å²) in [6.07, 6.45) is 2.33. The Bertz CT molecular complexity index is 597. The van der Waals surface area contributed by atoms with Crippen LogP contribution in [0.2, 0.25) is 0 Å². The van der Waals surface area contributed by atoms with E-state index in [-0.39, 0.29) is 6.03 Å². The Kier molecular flexibility index (Phi) is 2.94. The number of carbonyl (C=O) groups is 1. The van der Waals surface area contributed by atoms with Crippen molar-refractivity contribution in [2.24, 2.45) is 0 Å². The first-order valence-electron chi connectivity index (χ1n) is 5.98. The van der Waals surface area contributed by atoms with Gasteiger partial charge >= 0.3 is 6.03 Å². The van der Waals surface area contributed by atoms with Gasteiger partial charge in [-0.15, -0.1) is 10.2 Å². The molecule has 0 aromatic carbocycles. The Morgan fingerprint density at radius 3 is 2.74 bits per heavy atom. The van der Waals surface area contributed by atoms with Gasteiger partial charge in [0, 0.05) is 5.92 Å². The van der Waals surface area contributed by atoms with Gasteiger partial charge < -0.3 is 9.84 Å². The highest BCUT2D eigenvalue weighted by molar-refractivity contribution is 7.15. The molecule has 0 spiro atoms. The minimum absolute atomic E-state index is 0.368. The van der Waals surface area contributed by atoms with E-state index in [2.05, 4.69) is 26.0 Å². The molecule has 0 bridgehead atoms. The van der Waals surface area contributed by atoms with Gasteiger partial charge in [0.25, 0.3) is 0 Å². The molecule has 2 amide bonds. The number of aryl methyl sites for hydroxylation is 2. The number of hydrogen-bond donors (Lipinski definition) is 2. The Balaban J connectivity index is 1.64. The lowest BCUT2D eigenvalue weighted by Gasteiger charge is -2.03. The van der Waals surface area contributed by atoms with Crippen LogP contribution in [0.5, 0.6) is 0 Å². The number of hydrogen-bond acceptors (Lipinski definition) is 6. The summed E-state index contributed by atoms with van der Waals surface area (Å²) < 4.78 is 4.97. The van der Waals surface area contributed by atoms with Gasteiger partial charge in [0.05, 0.1) is 0 Å². The molecule has 0 atom stereocenters. The average molecular weight is 279 g/mol. The number of anilines is 2. The van der Waals surface area contributed by atoms with Gasteiger partial charge in [0.2, 0.25) is 5.13 Å². The second kappa shape index (κ2) is 4.61. The van der Waals surface area contributed by atoms with Crippen LogP contribution >= 0.6 is 11.3 Å². The van der Waals surface area contributed by atoms with Crippen molar-refractivity contribution in [2.75, 3.05) is 10.6 Å². The predicted octanol–water partition coefficient (Wildman–Crippen LogP) is 2.66. The van der Waals surface area contributed by atoms with Crippen LogP contribution in [-0.2, 0) is 0 Å². The van der Waals surface area contributed by atoms with Gasteiger partial charge in [-0.05, 0) is 26.7 Å². The van der Waals surface area contributed by atoms with Gasteiger partial charge in [-0.2, -0.15) is 0 Å². The van der Waals surface area contributed by atoms with Crippen LogP contribution < -0.4 is 10.6 Å². The second-order valence-corrected chi connectivity index (χ2v) is 5.51. The number of amides is 2. The Hall–Kier alpha value is -1.96. The first-order valence-corrected chi connectivity index (χ1v) is 6.79. The zero-order valence-corrected chi connectivity index (χ0v) is 11.4. The van der Waals surface area contributed by atoms with Gasteiger partial charge in [-0.25, -0.2) is 4.79 Å². The maximum absolute atomic E-state index is 11.8. The zero-order chi connectivity index (χ0) is 13.4. The fourth-order valence-electron chi connectivity index (χ4n) is 1.68. The lowest BCUT2D eigenvalue weighted by Crippen LogP contribution is -2.20. The third-order valence-electron chi connectivity index (χ3n) is 2.86. The van der Waals surface area contributed by atoms with Crippen LogP contribution in [0.4, 0.5) is 15.6 Å². The number of rotatable bonds is 3. The van der Waals surface area contributed by atoms with Crippen molar-refractivity contribution in [3.05, 3.63) is 16.5 Å². The third-order valence-corrected chi connectivity index (χ3v) is 3.86. The number of aromatic nitrogens is 3. The molecule has 0 radical (unpaired) electrons. The van der Waals surface area contributed by atoms with Crippen molar-refractivity contribution in [3.63, 3.8) is 0 Å². The molecule has 2 N–H and O–H groups in total. The molecule has 100 valence electrons. The van der Waals surface area contributed by atoms with E-state index in [0.717, 1.165) is 5.01 Å². The van der Waals surface area contributed by atoms with E-state index < -0.39 is 0 Å². The summed E-state index contributed by atoms with van der Waals surface area (Å²) >= 11 is 1.42. The van der Waals surface area contributed by atoms with E-state index in [9.17, 15) is 4.79 Å². The summed E-state index contributed by atoms with van der Waals surface area (Å²) in [5.74, 6) is 1.11. The number of carbonyl (C=O) groups excluding carboxylic acids is 1. The van der Waals surface area contributed by atoms with Crippen molar-refractivity contribution in [1.29, 1.82) is 0 Å². The van der Waals surface area contributed by atoms with E-state index in [1.807, 2.05) is 0 Å². The predicted molar refractivity (Wildman–Crippen MR) is 70.5 cm³/mol. The highest BCUT2D eigenvalue weighted by Gasteiger charge is 2.27. The van der Waals surface area contributed by atoms with Crippen molar-refractivity contribution >= 4 is 28.2 Å². The van der Waals surface area contributed by atoms with Crippen molar-refractivity contribution in [1.82, 2.24) is 15.4 Å². The molecule has 0 aliphatic heterocycles. The zero-order valence-electron chi connectivity index (χ0n) is 10.6. The van der Waals surface area contributed by atoms with Crippen molar-refractivity contribution < 1.29 is 9.32 Å². The summed E-state index contributed by atoms with van der Waals surface area (Å²) in [7, 11) is 0. The lowest BCUT2D eigenvalue weighted by molar-refractivity contribution is 0.262. The van der Waals surface area contributed by atoms with E-state index in [1.54, 1.807) is 13.8 Å². The molecular formula is C11H13N5O2S. The summed E-state index contributed by atoms with van der Waals surface area (Å²) in [5, 5.41) is 18.6. The molecule has 1 saturated carbocycles. The van der Waals surface area contributed by atoms with Crippen LogP contribution in [0.25, 0.3) is 0 Å². The molecule has 1 aliphatic carbocycles. The number of nitrogens with zero attached hydrogens (tertiary/aromatic N) is 3. The van der Waals surface area contributed by atoms with E-state index in [1.165, 1.54) is 24.2 Å². The molecule has 1 aliphatic rings. The molecule has 19 heavy (non-hydrogen) atoms. The molecule has 1 fully saturated rings. The summed E-state index contributed by atoms with van der Waals surface area (Å²) in [5.41, 5.74) is 1.23. The SMILES string of the molecule is Cc1noc(C)c1NC(=O)Nc1nnc(C2CC2)s1. The molecule has 0 unspecified atom stereocenters. The van der Waals surface area contributed by atoms with Crippen molar-refractivity contribution in [3.8, 4) is 0 Å². The molecule has 7 nitrogen and oxygen atoms in total. The number of nitrogens with one attached hydrogen (secondary N) is 2. The smallest absolute Gasteiger partial charge is 0.325 e. The van der Waals surface area contributed by atoms with Gasteiger partial charge in [0.15, 0.2) is 5.76 Å². The normalized spacial score (nSPS) is 14.4. The fourth-order valence-corrected chi connectivity index (χ4v) is 2.59. The first-order chi connectivity index (χ1) is 9.13. The highest BCUT2D eigenvalue weighted by Crippen LogP contribution is 2.42. The van der Waals surface area contributed by atoms with Gasteiger partial charge in [-0.1, -0.05) is 16.5 Å². The maximum atomic E-state index is 11.8. The quantitative estimate of drug-likeness (QED) is 0.901. The van der Waals surface area contributed by atoms with E-state index >= 15 is 0 Å². The maximum Gasteiger partial charge on any atom is 0.325 e. The molecule has 2 aromatic heterocycles. The topological polar surface area (TPSA) is 92.9 Å². The molecule has 8 heteroatoms. The average Bonchev–Trinajstić information content (AvgIpc) is 3.06. The fraction of sp³-hybridized carbons (Fsp3) is 0.455. The first kappa shape index (κ1) is 12.1. The third kappa shape index (κ3) is 2.58. The molecule has 0 saturated heterocycles. The Morgan fingerprint density at radius 2 is 2.11 bits per heavy atom. The van der Waals surface area contributed by atoms with E-state index in [0.29, 0.717) is 28.2 Å². The summed E-state index contributed by atoms with van der Waals surface area (Å²) in [6.45, 7) is 3.51.